The lowest BCUT2D eigenvalue weighted by Crippen LogP contribution is -2.50. The number of nitrogens with two attached hydrogens (primary N) is 1. The van der Waals surface area contributed by atoms with E-state index in [0.717, 1.165) is 28.2 Å². The van der Waals surface area contributed by atoms with Crippen LogP contribution in [0.2, 0.25) is 0 Å². The molecule has 1 aromatic heterocycles. The maximum atomic E-state index is 12.0. The lowest BCUT2D eigenvalue weighted by atomic mass is 9.93. The number of aliphatic hydroxyl groups is 1. The minimum atomic E-state index is -3.44. The number of sulfonamides is 1. The summed E-state index contributed by atoms with van der Waals surface area (Å²) in [6.07, 6.45) is 4.03. The highest BCUT2D eigenvalue weighted by molar-refractivity contribution is 7.92. The molecule has 0 radical (unpaired) electrons. The summed E-state index contributed by atoms with van der Waals surface area (Å²) in [7, 11) is -1.97. The van der Waals surface area contributed by atoms with Gasteiger partial charge in [-0.3, -0.25) is 4.31 Å². The van der Waals surface area contributed by atoms with Gasteiger partial charge in [-0.15, -0.1) is 0 Å². The molecule has 170 valence electrons. The summed E-state index contributed by atoms with van der Waals surface area (Å²) in [5.41, 5.74) is 7.25. The first-order chi connectivity index (χ1) is 14.7. The number of aromatic nitrogens is 1. The van der Waals surface area contributed by atoms with E-state index < -0.39 is 15.6 Å². The standard InChI is InChI=1S/C22H32N4O4S/c1-26(31(2,28)29)21-11-19(10-20(25-21)24-13-18-8-9-18)14-30-16-22(23,15-27)12-17-6-4-3-5-7-17/h3-7,10-11,18,27H,8-9,12-16,23H2,1-2H3,(H,24,25). The van der Waals surface area contributed by atoms with Crippen molar-refractivity contribution in [2.24, 2.45) is 11.7 Å². The van der Waals surface area contributed by atoms with Gasteiger partial charge in [-0.1, -0.05) is 30.3 Å². The van der Waals surface area contributed by atoms with Crippen molar-refractivity contribution < 1.29 is 18.3 Å². The highest BCUT2D eigenvalue weighted by Gasteiger charge is 2.25. The highest BCUT2D eigenvalue weighted by atomic mass is 32.2. The largest absolute Gasteiger partial charge is 0.394 e. The Labute approximate surface area is 184 Å². The molecule has 1 aliphatic carbocycles. The second-order valence-corrected chi connectivity index (χ2v) is 10.5. The molecule has 0 amide bonds. The number of ether oxygens (including phenoxy) is 1. The minimum Gasteiger partial charge on any atom is -0.394 e. The molecule has 1 unspecified atom stereocenters. The van der Waals surface area contributed by atoms with Crippen LogP contribution in [0.4, 0.5) is 11.6 Å². The van der Waals surface area contributed by atoms with Crippen LogP contribution in [0, 0.1) is 5.92 Å². The SMILES string of the molecule is CN(c1cc(COCC(N)(CO)Cc2ccccc2)cc(NCC2CC2)n1)S(C)(=O)=O. The molecule has 1 saturated carbocycles. The first-order valence-corrected chi connectivity index (χ1v) is 12.2. The Morgan fingerprint density at radius 2 is 1.97 bits per heavy atom. The van der Waals surface area contributed by atoms with Gasteiger partial charge in [0.15, 0.2) is 0 Å². The quantitative estimate of drug-likeness (QED) is 0.453. The third-order valence-corrected chi connectivity index (χ3v) is 6.51. The van der Waals surface area contributed by atoms with Gasteiger partial charge >= 0.3 is 0 Å². The number of benzene rings is 1. The van der Waals surface area contributed by atoms with Crippen LogP contribution in [0.15, 0.2) is 42.5 Å². The van der Waals surface area contributed by atoms with Gasteiger partial charge in [0.1, 0.15) is 11.6 Å². The van der Waals surface area contributed by atoms with E-state index >= 15 is 0 Å². The minimum absolute atomic E-state index is 0.156. The maximum Gasteiger partial charge on any atom is 0.233 e. The Balaban J connectivity index is 1.69. The highest BCUT2D eigenvalue weighted by Crippen LogP contribution is 2.29. The van der Waals surface area contributed by atoms with Crippen molar-refractivity contribution in [2.45, 2.75) is 31.4 Å². The Morgan fingerprint density at radius 1 is 1.26 bits per heavy atom. The van der Waals surface area contributed by atoms with Crippen molar-refractivity contribution >= 4 is 21.7 Å². The summed E-state index contributed by atoms with van der Waals surface area (Å²) in [4.78, 5) is 4.44. The van der Waals surface area contributed by atoms with E-state index in [2.05, 4.69) is 10.3 Å². The Kier molecular flexibility index (Phi) is 7.53. The van der Waals surface area contributed by atoms with Crippen molar-refractivity contribution in [3.05, 3.63) is 53.6 Å². The smallest absolute Gasteiger partial charge is 0.233 e. The van der Waals surface area contributed by atoms with Crippen molar-refractivity contribution in [1.82, 2.24) is 4.98 Å². The fraction of sp³-hybridized carbons (Fsp3) is 0.500. The molecule has 1 fully saturated rings. The number of nitrogens with one attached hydrogen (secondary N) is 1. The van der Waals surface area contributed by atoms with E-state index in [4.69, 9.17) is 10.5 Å². The van der Waals surface area contributed by atoms with Crippen LogP contribution in [0.5, 0.6) is 0 Å². The van der Waals surface area contributed by atoms with Crippen LogP contribution in [0.1, 0.15) is 24.0 Å². The molecule has 2 aromatic rings. The van der Waals surface area contributed by atoms with Gasteiger partial charge in [-0.2, -0.15) is 0 Å². The van der Waals surface area contributed by atoms with Gasteiger partial charge in [0.25, 0.3) is 0 Å². The van der Waals surface area contributed by atoms with Crippen molar-refractivity contribution in [1.29, 1.82) is 0 Å². The zero-order chi connectivity index (χ0) is 22.5. The van der Waals surface area contributed by atoms with E-state index in [1.807, 2.05) is 36.4 Å². The monoisotopic (exact) mass is 448 g/mol. The number of anilines is 2. The van der Waals surface area contributed by atoms with Crippen molar-refractivity contribution in [3.63, 3.8) is 0 Å². The van der Waals surface area contributed by atoms with Gasteiger partial charge in [0.2, 0.25) is 10.0 Å². The lowest BCUT2D eigenvalue weighted by molar-refractivity contribution is 0.0458. The Bertz CT molecular complexity index is 967. The fourth-order valence-corrected chi connectivity index (χ4v) is 3.61. The summed E-state index contributed by atoms with van der Waals surface area (Å²) in [6.45, 7) is 0.975. The second kappa shape index (κ2) is 9.95. The molecule has 0 spiro atoms. The average molecular weight is 449 g/mol. The number of nitrogens with zero attached hydrogens (tertiary/aromatic N) is 2. The molecular weight excluding hydrogens is 416 g/mol. The summed E-state index contributed by atoms with van der Waals surface area (Å²) < 4.78 is 31.0. The van der Waals surface area contributed by atoms with Gasteiger partial charge in [-0.25, -0.2) is 13.4 Å². The molecule has 0 saturated heterocycles. The van der Waals surface area contributed by atoms with E-state index in [1.165, 1.54) is 19.9 Å². The van der Waals surface area contributed by atoms with Gasteiger partial charge in [0, 0.05) is 13.6 Å². The maximum absolute atomic E-state index is 12.0. The zero-order valence-corrected chi connectivity index (χ0v) is 18.9. The number of pyridine rings is 1. The van der Waals surface area contributed by atoms with Crippen LogP contribution >= 0.6 is 0 Å². The summed E-state index contributed by atoms with van der Waals surface area (Å²) >= 11 is 0. The molecule has 0 aliphatic heterocycles. The molecule has 0 bridgehead atoms. The molecular formula is C22H32N4O4S. The molecule has 4 N–H and O–H groups in total. The predicted octanol–water partition coefficient (Wildman–Crippen LogP) is 1.75. The molecule has 1 aliphatic rings. The van der Waals surface area contributed by atoms with Crippen molar-refractivity contribution in [2.75, 3.05) is 42.7 Å². The van der Waals surface area contributed by atoms with E-state index in [1.54, 1.807) is 6.07 Å². The number of hydrogen-bond acceptors (Lipinski definition) is 7. The normalized spacial score (nSPS) is 16.0. The summed E-state index contributed by atoms with van der Waals surface area (Å²) in [6, 6.07) is 13.3. The fourth-order valence-electron chi connectivity index (χ4n) is 3.17. The van der Waals surface area contributed by atoms with Crippen LogP contribution in [-0.2, 0) is 27.8 Å². The van der Waals surface area contributed by atoms with Crippen LogP contribution in [-0.4, -0.2) is 57.1 Å². The molecule has 1 atom stereocenters. The third-order valence-electron chi connectivity index (χ3n) is 5.33. The Hall–Kier alpha value is -2.20. The second-order valence-electron chi connectivity index (χ2n) is 8.45. The topological polar surface area (TPSA) is 118 Å². The Morgan fingerprint density at radius 3 is 2.58 bits per heavy atom. The lowest BCUT2D eigenvalue weighted by Gasteiger charge is -2.27. The zero-order valence-electron chi connectivity index (χ0n) is 18.1. The van der Waals surface area contributed by atoms with E-state index in [0.29, 0.717) is 24.0 Å². The van der Waals surface area contributed by atoms with Crippen molar-refractivity contribution in [3.8, 4) is 0 Å². The molecule has 1 heterocycles. The summed E-state index contributed by atoms with van der Waals surface area (Å²) in [5, 5.41) is 13.1. The molecule has 3 rings (SSSR count). The molecule has 31 heavy (non-hydrogen) atoms. The van der Waals surface area contributed by atoms with Crippen LogP contribution in [0.3, 0.4) is 0 Å². The molecule has 8 nitrogen and oxygen atoms in total. The van der Waals surface area contributed by atoms with Crippen LogP contribution < -0.4 is 15.4 Å². The van der Waals surface area contributed by atoms with E-state index in [9.17, 15) is 13.5 Å². The van der Waals surface area contributed by atoms with Crippen LogP contribution in [0.25, 0.3) is 0 Å². The number of aliphatic hydroxyl groups excluding tert-OH is 1. The molecule has 9 heteroatoms. The van der Waals surface area contributed by atoms with Gasteiger partial charge in [-0.05, 0) is 48.4 Å². The van der Waals surface area contributed by atoms with Gasteiger partial charge in [0.05, 0.1) is 31.6 Å². The average Bonchev–Trinajstić information content (AvgIpc) is 3.56. The first-order valence-electron chi connectivity index (χ1n) is 10.4. The first kappa shape index (κ1) is 23.5. The number of hydrogen-bond donors (Lipinski definition) is 3. The summed E-state index contributed by atoms with van der Waals surface area (Å²) in [5.74, 6) is 1.59. The van der Waals surface area contributed by atoms with E-state index in [-0.39, 0.29) is 19.8 Å². The third kappa shape index (κ3) is 7.17. The van der Waals surface area contributed by atoms with Gasteiger partial charge < -0.3 is 20.9 Å². The number of rotatable bonds is 12. The molecule has 1 aromatic carbocycles. The predicted molar refractivity (Wildman–Crippen MR) is 123 cm³/mol.